The summed E-state index contributed by atoms with van der Waals surface area (Å²) in [5.74, 6) is 2.27. The smallest absolute Gasteiger partial charge is 0.160 e. The molecule has 2 N–H and O–H groups in total. The lowest BCUT2D eigenvalue weighted by Gasteiger charge is -2.33. The van der Waals surface area contributed by atoms with E-state index in [-0.39, 0.29) is 0 Å². The van der Waals surface area contributed by atoms with Crippen LogP contribution in [0, 0.1) is 0 Å². The molecule has 1 saturated heterocycles. The molecule has 1 aromatic carbocycles. The molecule has 0 unspecified atom stereocenters. The Kier molecular flexibility index (Phi) is 6.27. The van der Waals surface area contributed by atoms with Crippen LogP contribution in [0.2, 0.25) is 5.02 Å². The number of hydrogen-bond acceptors (Lipinski definition) is 8. The molecule has 0 amide bonds. The highest BCUT2D eigenvalue weighted by atomic mass is 35.5. The monoisotopic (exact) mass is 506 g/mol. The Morgan fingerprint density at radius 2 is 1.86 bits per heavy atom. The minimum absolute atomic E-state index is 0.552. The van der Waals surface area contributed by atoms with Crippen LogP contribution >= 0.6 is 11.6 Å². The maximum Gasteiger partial charge on any atom is 0.160 e. The molecule has 1 saturated carbocycles. The SMILES string of the molecule is CCn1ncc2c3c(NCc4ccc(OC)c(Cl)c4)nnc(N4CCC(NC5CC5)CC4)c3cnc21. The van der Waals surface area contributed by atoms with Crippen LogP contribution in [-0.4, -0.2) is 57.2 Å². The maximum absolute atomic E-state index is 6.34. The summed E-state index contributed by atoms with van der Waals surface area (Å²) in [7, 11) is 1.62. The first-order valence-corrected chi connectivity index (χ1v) is 13.1. The Balaban J connectivity index is 1.34. The number of piperidine rings is 1. The number of aromatic nitrogens is 5. The van der Waals surface area contributed by atoms with E-state index in [4.69, 9.17) is 26.4 Å². The van der Waals surface area contributed by atoms with Crippen LogP contribution in [0.5, 0.6) is 5.75 Å². The Morgan fingerprint density at radius 1 is 1.06 bits per heavy atom. The second-order valence-electron chi connectivity index (χ2n) is 9.64. The summed E-state index contributed by atoms with van der Waals surface area (Å²) in [5, 5.41) is 24.8. The molecular weight excluding hydrogens is 476 g/mol. The van der Waals surface area contributed by atoms with Gasteiger partial charge in [0.05, 0.1) is 23.7 Å². The van der Waals surface area contributed by atoms with E-state index in [0.717, 1.165) is 71.7 Å². The van der Waals surface area contributed by atoms with Gasteiger partial charge in [-0.15, -0.1) is 10.2 Å². The van der Waals surface area contributed by atoms with Crippen LogP contribution in [0.4, 0.5) is 11.6 Å². The highest BCUT2D eigenvalue weighted by molar-refractivity contribution is 6.32. The summed E-state index contributed by atoms with van der Waals surface area (Å²) < 4.78 is 7.19. The number of hydrogen-bond donors (Lipinski definition) is 2. The van der Waals surface area contributed by atoms with Gasteiger partial charge in [0.15, 0.2) is 17.3 Å². The molecule has 1 aliphatic heterocycles. The van der Waals surface area contributed by atoms with Crippen molar-refractivity contribution in [3.8, 4) is 5.75 Å². The van der Waals surface area contributed by atoms with Crippen molar-refractivity contribution in [2.75, 3.05) is 30.4 Å². The molecule has 10 heteroatoms. The number of aryl methyl sites for hydroxylation is 1. The van der Waals surface area contributed by atoms with Crippen molar-refractivity contribution in [3.05, 3.63) is 41.2 Å². The van der Waals surface area contributed by atoms with Gasteiger partial charge < -0.3 is 20.3 Å². The quantitative estimate of drug-likeness (QED) is 0.363. The first-order chi connectivity index (χ1) is 17.6. The average molecular weight is 507 g/mol. The highest BCUT2D eigenvalue weighted by Gasteiger charge is 2.28. The number of nitrogens with one attached hydrogen (secondary N) is 2. The molecule has 0 bridgehead atoms. The molecule has 4 heterocycles. The Bertz CT molecular complexity index is 1390. The van der Waals surface area contributed by atoms with Gasteiger partial charge in [-0.05, 0) is 50.3 Å². The van der Waals surface area contributed by atoms with Gasteiger partial charge in [-0.3, -0.25) is 0 Å². The van der Waals surface area contributed by atoms with Crippen LogP contribution in [-0.2, 0) is 13.1 Å². The number of nitrogens with zero attached hydrogens (tertiary/aromatic N) is 6. The second-order valence-corrected chi connectivity index (χ2v) is 10.0. The normalized spacial score (nSPS) is 16.7. The number of anilines is 2. The van der Waals surface area contributed by atoms with Crippen molar-refractivity contribution < 1.29 is 4.74 Å². The van der Waals surface area contributed by atoms with Gasteiger partial charge in [-0.2, -0.15) is 5.10 Å². The molecule has 188 valence electrons. The zero-order valence-corrected chi connectivity index (χ0v) is 21.4. The Hall–Kier alpha value is -3.17. The van der Waals surface area contributed by atoms with E-state index in [1.54, 1.807) is 7.11 Å². The fourth-order valence-corrected chi connectivity index (χ4v) is 5.37. The van der Waals surface area contributed by atoms with Crippen molar-refractivity contribution in [1.82, 2.24) is 30.3 Å². The van der Waals surface area contributed by atoms with E-state index in [9.17, 15) is 0 Å². The summed E-state index contributed by atoms with van der Waals surface area (Å²) in [6.07, 6.45) is 8.68. The fraction of sp³-hybridized carbons (Fsp3) is 0.462. The lowest BCUT2D eigenvalue weighted by atomic mass is 10.0. The zero-order valence-electron chi connectivity index (χ0n) is 20.7. The number of methoxy groups -OCH3 is 1. The number of rotatable bonds is 8. The van der Waals surface area contributed by atoms with Crippen molar-refractivity contribution >= 4 is 45.0 Å². The fourth-order valence-electron chi connectivity index (χ4n) is 5.09. The zero-order chi connectivity index (χ0) is 24.6. The summed E-state index contributed by atoms with van der Waals surface area (Å²) in [6.45, 7) is 5.29. The summed E-state index contributed by atoms with van der Waals surface area (Å²) in [6, 6.07) is 7.11. The lowest BCUT2D eigenvalue weighted by Crippen LogP contribution is -2.43. The first kappa shape index (κ1) is 23.2. The highest BCUT2D eigenvalue weighted by Crippen LogP contribution is 2.35. The topological polar surface area (TPSA) is 93.0 Å². The van der Waals surface area contributed by atoms with Crippen molar-refractivity contribution in [2.45, 2.75) is 57.8 Å². The number of halogens is 1. The van der Waals surface area contributed by atoms with E-state index in [1.807, 2.05) is 35.3 Å². The van der Waals surface area contributed by atoms with Gasteiger partial charge in [-0.1, -0.05) is 17.7 Å². The predicted molar refractivity (Wildman–Crippen MR) is 143 cm³/mol. The molecule has 6 rings (SSSR count). The van der Waals surface area contributed by atoms with Crippen molar-refractivity contribution in [2.24, 2.45) is 0 Å². The molecule has 0 atom stereocenters. The molecule has 1 aliphatic carbocycles. The van der Waals surface area contributed by atoms with E-state index in [2.05, 4.69) is 32.7 Å². The summed E-state index contributed by atoms with van der Waals surface area (Å²) in [4.78, 5) is 7.14. The molecule has 3 aromatic heterocycles. The van der Waals surface area contributed by atoms with Gasteiger partial charge >= 0.3 is 0 Å². The molecule has 0 spiro atoms. The number of pyridine rings is 1. The molecular formula is C26H31ClN8O. The predicted octanol–water partition coefficient (Wildman–Crippen LogP) is 4.39. The van der Waals surface area contributed by atoms with Crippen molar-refractivity contribution in [3.63, 3.8) is 0 Å². The molecule has 2 fully saturated rings. The summed E-state index contributed by atoms with van der Waals surface area (Å²) >= 11 is 6.34. The molecule has 9 nitrogen and oxygen atoms in total. The van der Waals surface area contributed by atoms with E-state index < -0.39 is 0 Å². The standard InChI is InChI=1S/C26H31ClN8O/c1-3-35-25-20(15-30-35)23-19(14-29-25)26(34-10-8-18(9-11-34)31-17-5-6-17)33-32-24(23)28-13-16-4-7-22(36-2)21(27)12-16/h4,7,12,14-15,17-18,31H,3,5-6,8-11,13H2,1-2H3,(H,28,32). The second kappa shape index (κ2) is 9.71. The Morgan fingerprint density at radius 3 is 2.58 bits per heavy atom. The van der Waals surface area contributed by atoms with Gasteiger partial charge in [0.2, 0.25) is 0 Å². The largest absolute Gasteiger partial charge is 0.495 e. The minimum Gasteiger partial charge on any atom is -0.495 e. The molecule has 2 aliphatic rings. The molecule has 0 radical (unpaired) electrons. The van der Waals surface area contributed by atoms with Gasteiger partial charge in [0.25, 0.3) is 0 Å². The third-order valence-electron chi connectivity index (χ3n) is 7.21. The lowest BCUT2D eigenvalue weighted by molar-refractivity contribution is 0.411. The maximum atomic E-state index is 6.34. The van der Waals surface area contributed by atoms with Crippen molar-refractivity contribution in [1.29, 1.82) is 0 Å². The van der Waals surface area contributed by atoms with Gasteiger partial charge in [0.1, 0.15) is 5.75 Å². The van der Waals surface area contributed by atoms with Crippen LogP contribution in [0.3, 0.4) is 0 Å². The molecule has 36 heavy (non-hydrogen) atoms. The third kappa shape index (κ3) is 4.41. The number of fused-ring (bicyclic) bond motifs is 3. The number of benzene rings is 1. The van der Waals surface area contributed by atoms with Crippen LogP contribution < -0.4 is 20.3 Å². The first-order valence-electron chi connectivity index (χ1n) is 12.7. The van der Waals surface area contributed by atoms with Crippen LogP contribution in [0.25, 0.3) is 21.8 Å². The number of ether oxygens (including phenoxy) is 1. The third-order valence-corrected chi connectivity index (χ3v) is 7.50. The van der Waals surface area contributed by atoms with E-state index in [1.165, 1.54) is 12.8 Å². The van der Waals surface area contributed by atoms with E-state index in [0.29, 0.717) is 29.2 Å². The molecule has 4 aromatic rings. The van der Waals surface area contributed by atoms with Gasteiger partial charge in [0, 0.05) is 55.2 Å². The van der Waals surface area contributed by atoms with Crippen LogP contribution in [0.1, 0.15) is 38.2 Å². The van der Waals surface area contributed by atoms with Crippen LogP contribution in [0.15, 0.2) is 30.6 Å². The van der Waals surface area contributed by atoms with Gasteiger partial charge in [-0.25, -0.2) is 9.67 Å². The van der Waals surface area contributed by atoms with E-state index >= 15 is 0 Å². The average Bonchev–Trinajstić information content (AvgIpc) is 3.62. The Labute approximate surface area is 215 Å². The summed E-state index contributed by atoms with van der Waals surface area (Å²) in [5.41, 5.74) is 1.88. The minimum atomic E-state index is 0.552.